The van der Waals surface area contributed by atoms with Gasteiger partial charge in [-0.3, -0.25) is 4.79 Å². The summed E-state index contributed by atoms with van der Waals surface area (Å²) in [5, 5.41) is 20.4. The third-order valence-corrected chi connectivity index (χ3v) is 3.20. The quantitative estimate of drug-likeness (QED) is 0.780. The van der Waals surface area contributed by atoms with E-state index in [4.69, 9.17) is 14.6 Å². The van der Waals surface area contributed by atoms with Gasteiger partial charge in [0.05, 0.1) is 25.7 Å². The molecule has 1 aromatic heterocycles. The van der Waals surface area contributed by atoms with Gasteiger partial charge in [0.1, 0.15) is 0 Å². The fraction of sp³-hybridized carbons (Fsp3) is 0.818. The van der Waals surface area contributed by atoms with E-state index in [1.165, 1.54) is 7.11 Å². The number of tetrazole rings is 1. The van der Waals surface area contributed by atoms with Crippen molar-refractivity contribution in [2.45, 2.75) is 37.8 Å². The standard InChI is InChI=1S/C11H18N4O4/c1-18-9(5-10(16)17)6-15-11(12-13-14-15)8-3-2-4-19-7-8/h8-9H,2-7H2,1H3,(H,16,17). The molecule has 2 atom stereocenters. The molecule has 0 spiro atoms. The SMILES string of the molecule is COC(CC(=O)O)Cn1nnnc1C1CCCOC1. The van der Waals surface area contributed by atoms with Gasteiger partial charge in [-0.25, -0.2) is 4.68 Å². The Morgan fingerprint density at radius 1 is 1.68 bits per heavy atom. The fourth-order valence-electron chi connectivity index (χ4n) is 2.19. The van der Waals surface area contributed by atoms with E-state index in [0.717, 1.165) is 25.3 Å². The summed E-state index contributed by atoms with van der Waals surface area (Å²) in [6, 6.07) is 0. The molecular weight excluding hydrogens is 252 g/mol. The van der Waals surface area contributed by atoms with Gasteiger partial charge in [-0.05, 0) is 23.3 Å². The van der Waals surface area contributed by atoms with Crippen molar-refractivity contribution in [3.05, 3.63) is 5.82 Å². The fourth-order valence-corrected chi connectivity index (χ4v) is 2.19. The molecule has 0 radical (unpaired) electrons. The minimum Gasteiger partial charge on any atom is -0.481 e. The first kappa shape index (κ1) is 13.9. The second kappa shape index (κ2) is 6.58. The van der Waals surface area contributed by atoms with E-state index < -0.39 is 12.1 Å². The predicted molar refractivity (Wildman–Crippen MR) is 63.7 cm³/mol. The van der Waals surface area contributed by atoms with Crippen LogP contribution in [-0.4, -0.2) is 57.7 Å². The maximum absolute atomic E-state index is 10.7. The first-order chi connectivity index (χ1) is 9.20. The molecule has 106 valence electrons. The average Bonchev–Trinajstić information content (AvgIpc) is 2.86. The molecule has 2 rings (SSSR count). The van der Waals surface area contributed by atoms with Crippen LogP contribution in [0.5, 0.6) is 0 Å². The Bertz CT molecular complexity index is 417. The third kappa shape index (κ3) is 3.71. The maximum atomic E-state index is 10.7. The van der Waals surface area contributed by atoms with E-state index in [0.29, 0.717) is 13.2 Å². The summed E-state index contributed by atoms with van der Waals surface area (Å²) in [7, 11) is 1.49. The van der Waals surface area contributed by atoms with E-state index in [1.54, 1.807) is 4.68 Å². The number of rotatable bonds is 6. The van der Waals surface area contributed by atoms with Crippen LogP contribution in [0, 0.1) is 0 Å². The van der Waals surface area contributed by atoms with Gasteiger partial charge in [0.2, 0.25) is 0 Å². The van der Waals surface area contributed by atoms with Crippen molar-refractivity contribution < 1.29 is 19.4 Å². The van der Waals surface area contributed by atoms with E-state index in [1.807, 2.05) is 0 Å². The van der Waals surface area contributed by atoms with Crippen molar-refractivity contribution in [2.75, 3.05) is 20.3 Å². The molecule has 8 heteroatoms. The molecule has 1 aromatic rings. The van der Waals surface area contributed by atoms with Crippen LogP contribution in [0.25, 0.3) is 0 Å². The van der Waals surface area contributed by atoms with Crippen LogP contribution < -0.4 is 0 Å². The number of hydrogen-bond acceptors (Lipinski definition) is 6. The molecule has 1 saturated heterocycles. The second-order valence-electron chi connectivity index (χ2n) is 4.59. The van der Waals surface area contributed by atoms with Gasteiger partial charge in [-0.1, -0.05) is 0 Å². The Kier molecular flexibility index (Phi) is 4.80. The van der Waals surface area contributed by atoms with E-state index in [9.17, 15) is 4.79 Å². The smallest absolute Gasteiger partial charge is 0.306 e. The minimum absolute atomic E-state index is 0.0725. The van der Waals surface area contributed by atoms with Crippen molar-refractivity contribution in [3.63, 3.8) is 0 Å². The van der Waals surface area contributed by atoms with Gasteiger partial charge in [-0.15, -0.1) is 5.10 Å². The average molecular weight is 270 g/mol. The van der Waals surface area contributed by atoms with Crippen molar-refractivity contribution in [1.82, 2.24) is 20.2 Å². The number of nitrogens with zero attached hydrogens (tertiary/aromatic N) is 4. The molecule has 2 unspecified atom stereocenters. The first-order valence-electron chi connectivity index (χ1n) is 6.29. The van der Waals surface area contributed by atoms with Gasteiger partial charge in [0.25, 0.3) is 0 Å². The van der Waals surface area contributed by atoms with Gasteiger partial charge >= 0.3 is 5.97 Å². The third-order valence-electron chi connectivity index (χ3n) is 3.20. The van der Waals surface area contributed by atoms with Crippen LogP contribution in [0.3, 0.4) is 0 Å². The van der Waals surface area contributed by atoms with Crippen LogP contribution in [0.4, 0.5) is 0 Å². The molecule has 0 saturated carbocycles. The monoisotopic (exact) mass is 270 g/mol. The summed E-state index contributed by atoms with van der Waals surface area (Å²) in [5.74, 6) is 0.0145. The van der Waals surface area contributed by atoms with E-state index in [-0.39, 0.29) is 12.3 Å². The zero-order valence-corrected chi connectivity index (χ0v) is 10.9. The highest BCUT2D eigenvalue weighted by molar-refractivity contribution is 5.67. The Balaban J connectivity index is 2.03. The normalized spacial score (nSPS) is 21.2. The molecule has 19 heavy (non-hydrogen) atoms. The summed E-state index contributed by atoms with van der Waals surface area (Å²) < 4.78 is 12.2. The molecule has 1 aliphatic heterocycles. The lowest BCUT2D eigenvalue weighted by atomic mass is 10.0. The Labute approximate surface area is 110 Å². The summed E-state index contributed by atoms with van der Waals surface area (Å²) in [6.45, 7) is 1.72. The topological polar surface area (TPSA) is 99.4 Å². The molecule has 0 amide bonds. The molecule has 0 bridgehead atoms. The highest BCUT2D eigenvalue weighted by atomic mass is 16.5. The molecule has 0 aromatic carbocycles. The van der Waals surface area contributed by atoms with Crippen molar-refractivity contribution in [1.29, 1.82) is 0 Å². The van der Waals surface area contributed by atoms with Crippen LogP contribution in [0.1, 0.15) is 31.0 Å². The number of aliphatic carboxylic acids is 1. The number of aromatic nitrogens is 4. The highest BCUT2D eigenvalue weighted by Gasteiger charge is 2.24. The molecule has 2 heterocycles. The molecule has 0 aliphatic carbocycles. The van der Waals surface area contributed by atoms with Crippen molar-refractivity contribution >= 4 is 5.97 Å². The maximum Gasteiger partial charge on any atom is 0.306 e. The summed E-state index contributed by atoms with van der Waals surface area (Å²) in [5.41, 5.74) is 0. The zero-order chi connectivity index (χ0) is 13.7. The van der Waals surface area contributed by atoms with Crippen molar-refractivity contribution in [2.24, 2.45) is 0 Å². The molecule has 1 aliphatic rings. The van der Waals surface area contributed by atoms with Gasteiger partial charge in [0, 0.05) is 19.6 Å². The Morgan fingerprint density at radius 2 is 2.53 bits per heavy atom. The van der Waals surface area contributed by atoms with Crippen LogP contribution in [0.15, 0.2) is 0 Å². The van der Waals surface area contributed by atoms with Gasteiger partial charge in [-0.2, -0.15) is 0 Å². The van der Waals surface area contributed by atoms with Gasteiger partial charge in [0.15, 0.2) is 5.82 Å². The number of methoxy groups -OCH3 is 1. The highest BCUT2D eigenvalue weighted by Crippen LogP contribution is 2.23. The van der Waals surface area contributed by atoms with Gasteiger partial charge < -0.3 is 14.6 Å². The lowest BCUT2D eigenvalue weighted by molar-refractivity contribution is -0.140. The number of carboxylic acids is 1. The largest absolute Gasteiger partial charge is 0.481 e. The first-order valence-corrected chi connectivity index (χ1v) is 6.29. The summed E-state index contributed by atoms with van der Waals surface area (Å²) in [4.78, 5) is 10.7. The molecule has 1 fully saturated rings. The summed E-state index contributed by atoms with van der Waals surface area (Å²) in [6.07, 6.45) is 1.46. The lowest BCUT2D eigenvalue weighted by Crippen LogP contribution is -2.26. The molecule has 1 N–H and O–H groups in total. The van der Waals surface area contributed by atoms with E-state index >= 15 is 0 Å². The molecule has 8 nitrogen and oxygen atoms in total. The zero-order valence-electron chi connectivity index (χ0n) is 10.9. The van der Waals surface area contributed by atoms with Crippen molar-refractivity contribution in [3.8, 4) is 0 Å². The lowest BCUT2D eigenvalue weighted by Gasteiger charge is -2.22. The van der Waals surface area contributed by atoms with Crippen LogP contribution >= 0.6 is 0 Å². The number of ether oxygens (including phenoxy) is 2. The minimum atomic E-state index is -0.900. The number of carbonyl (C=O) groups is 1. The van der Waals surface area contributed by atoms with Crippen LogP contribution in [0.2, 0.25) is 0 Å². The summed E-state index contributed by atoms with van der Waals surface area (Å²) >= 11 is 0. The molecular formula is C11H18N4O4. The Morgan fingerprint density at radius 3 is 3.16 bits per heavy atom. The number of carboxylic acid groups (broad SMARTS) is 1. The Hall–Kier alpha value is -1.54. The van der Waals surface area contributed by atoms with E-state index in [2.05, 4.69) is 15.5 Å². The second-order valence-corrected chi connectivity index (χ2v) is 4.59. The van der Waals surface area contributed by atoms with Crippen LogP contribution in [-0.2, 0) is 20.8 Å². The number of hydrogen-bond donors (Lipinski definition) is 1. The predicted octanol–water partition coefficient (Wildman–Crippen LogP) is 0.0568.